The molecule has 72 valence electrons. The van der Waals surface area contributed by atoms with Crippen LogP contribution in [-0.4, -0.2) is 21.3 Å². The molecular formula is CH6O8P3+. The van der Waals surface area contributed by atoms with Crippen molar-refractivity contribution in [3.8, 4) is 0 Å². The van der Waals surface area contributed by atoms with Crippen LogP contribution < -0.4 is 0 Å². The van der Waals surface area contributed by atoms with Crippen LogP contribution in [0.15, 0.2) is 0 Å². The summed E-state index contributed by atoms with van der Waals surface area (Å²) in [6.07, 6.45) is 0. The molecule has 0 aromatic rings. The number of rotatable bonds is 4. The first kappa shape index (κ1) is 12.4. The van der Waals surface area contributed by atoms with Crippen molar-refractivity contribution in [3.05, 3.63) is 0 Å². The highest BCUT2D eigenvalue weighted by Gasteiger charge is 2.38. The zero-order chi connectivity index (χ0) is 9.99. The Bertz CT molecular complexity index is 261. The monoisotopic (exact) mass is 239 g/mol. The minimum Gasteiger partial charge on any atom is -0.302 e. The Morgan fingerprint density at radius 1 is 1.25 bits per heavy atom. The molecule has 0 aromatic heterocycles. The van der Waals surface area contributed by atoms with Gasteiger partial charge in [-0.3, -0.25) is 4.89 Å². The van der Waals surface area contributed by atoms with Crippen molar-refractivity contribution in [1.29, 1.82) is 0 Å². The summed E-state index contributed by atoms with van der Waals surface area (Å²) >= 11 is 0. The van der Waals surface area contributed by atoms with E-state index in [0.29, 0.717) is 0 Å². The highest BCUT2D eigenvalue weighted by atomic mass is 31.3. The summed E-state index contributed by atoms with van der Waals surface area (Å²) in [7, 11) is -12.5. The third-order valence-electron chi connectivity index (χ3n) is 0.428. The Morgan fingerprint density at radius 2 is 1.67 bits per heavy atom. The second-order valence-electron chi connectivity index (χ2n) is 1.56. The van der Waals surface area contributed by atoms with Crippen LogP contribution >= 0.6 is 23.7 Å². The average molecular weight is 239 g/mol. The van der Waals surface area contributed by atoms with Gasteiger partial charge in [0.2, 0.25) is 0 Å². The van der Waals surface area contributed by atoms with Crippen LogP contribution in [0.4, 0.5) is 0 Å². The molecule has 0 aromatic carbocycles. The second kappa shape index (κ2) is 4.05. The van der Waals surface area contributed by atoms with Crippen LogP contribution in [0.2, 0.25) is 0 Å². The quantitative estimate of drug-likeness (QED) is 0.607. The summed E-state index contributed by atoms with van der Waals surface area (Å²) in [4.78, 5) is 24.6. The Labute approximate surface area is 68.2 Å². The summed E-state index contributed by atoms with van der Waals surface area (Å²) in [5.74, 6) is 0. The Hall–Kier alpha value is 0.360. The molecule has 0 bridgehead atoms. The van der Waals surface area contributed by atoms with Gasteiger partial charge in [-0.15, -0.1) is 0 Å². The first-order chi connectivity index (χ1) is 5.12. The summed E-state index contributed by atoms with van der Waals surface area (Å²) < 4.78 is 37.7. The van der Waals surface area contributed by atoms with E-state index in [1.165, 1.54) is 0 Å². The third kappa shape index (κ3) is 7.03. The zero-order valence-corrected chi connectivity index (χ0v) is 8.41. The fourth-order valence-electron chi connectivity index (χ4n) is 0.295. The Kier molecular flexibility index (Phi) is 4.17. The van der Waals surface area contributed by atoms with Gasteiger partial charge in [0.15, 0.2) is 6.66 Å². The lowest BCUT2D eigenvalue weighted by atomic mass is 12.0. The SMILES string of the molecule is C[P+](=O)OP(=O)(O)OP(=O)(O)O. The summed E-state index contributed by atoms with van der Waals surface area (Å²) in [5.41, 5.74) is 0. The summed E-state index contributed by atoms with van der Waals surface area (Å²) in [5, 5.41) is 0. The fourth-order valence-corrected chi connectivity index (χ4v) is 2.92. The Morgan fingerprint density at radius 3 is 1.92 bits per heavy atom. The number of phosphoric acid groups is 2. The smallest absolute Gasteiger partial charge is 0.302 e. The minimum absolute atomic E-state index is 0.932. The first-order valence-corrected chi connectivity index (χ1v) is 6.98. The largest absolute Gasteiger partial charge is 0.524 e. The molecule has 3 N–H and O–H groups in total. The molecule has 0 radical (unpaired) electrons. The van der Waals surface area contributed by atoms with Crippen molar-refractivity contribution in [2.24, 2.45) is 0 Å². The van der Waals surface area contributed by atoms with Gasteiger partial charge in [-0.05, 0) is 8.88 Å². The van der Waals surface area contributed by atoms with Crippen LogP contribution in [-0.2, 0) is 22.3 Å². The number of hydrogen-bond acceptors (Lipinski definition) is 5. The predicted octanol–water partition coefficient (Wildman–Crippen LogP) is 0.585. The molecule has 8 nitrogen and oxygen atoms in total. The molecule has 0 amide bonds. The highest BCUT2D eigenvalue weighted by molar-refractivity contribution is 7.64. The van der Waals surface area contributed by atoms with Crippen LogP contribution in [0.3, 0.4) is 0 Å². The molecule has 0 saturated heterocycles. The molecule has 0 fully saturated rings. The van der Waals surface area contributed by atoms with Crippen LogP contribution in [0.5, 0.6) is 0 Å². The van der Waals surface area contributed by atoms with Gasteiger partial charge in [0.05, 0.1) is 0 Å². The maximum Gasteiger partial charge on any atom is 0.524 e. The number of hydrogen-bond donors (Lipinski definition) is 3. The van der Waals surface area contributed by atoms with Crippen molar-refractivity contribution in [2.45, 2.75) is 0 Å². The van der Waals surface area contributed by atoms with E-state index in [4.69, 9.17) is 14.7 Å². The molecular weight excluding hydrogens is 233 g/mol. The van der Waals surface area contributed by atoms with Crippen molar-refractivity contribution in [1.82, 2.24) is 0 Å². The van der Waals surface area contributed by atoms with E-state index in [9.17, 15) is 13.7 Å². The minimum atomic E-state index is -5.11. The molecule has 0 aliphatic rings. The van der Waals surface area contributed by atoms with Gasteiger partial charge in [0.25, 0.3) is 0 Å². The maximum atomic E-state index is 10.5. The van der Waals surface area contributed by atoms with Gasteiger partial charge in [-0.25, -0.2) is 9.13 Å². The van der Waals surface area contributed by atoms with E-state index in [1.54, 1.807) is 0 Å². The normalized spacial score (nSPS) is 18.5. The molecule has 2 unspecified atom stereocenters. The van der Waals surface area contributed by atoms with Gasteiger partial charge in [0.1, 0.15) is 0 Å². The molecule has 0 heterocycles. The van der Waals surface area contributed by atoms with Gasteiger partial charge < -0.3 is 9.79 Å². The fraction of sp³-hybridized carbons (Fsp3) is 1.00. The van der Waals surface area contributed by atoms with E-state index in [1.807, 2.05) is 0 Å². The molecule has 0 saturated carbocycles. The zero-order valence-electron chi connectivity index (χ0n) is 5.72. The summed E-state index contributed by atoms with van der Waals surface area (Å²) in [6.45, 7) is 0.932. The molecule has 0 rings (SSSR count). The van der Waals surface area contributed by atoms with Gasteiger partial charge in [0, 0.05) is 0 Å². The van der Waals surface area contributed by atoms with Crippen molar-refractivity contribution < 1.29 is 37.0 Å². The lowest BCUT2D eigenvalue weighted by Crippen LogP contribution is -1.87. The van der Waals surface area contributed by atoms with Crippen molar-refractivity contribution in [2.75, 3.05) is 6.66 Å². The topological polar surface area (TPSA) is 130 Å². The molecule has 12 heavy (non-hydrogen) atoms. The van der Waals surface area contributed by atoms with Gasteiger partial charge in [-0.1, -0.05) is 0 Å². The van der Waals surface area contributed by atoms with Crippen LogP contribution in [0, 0.1) is 0 Å². The first-order valence-electron chi connectivity index (χ1n) is 2.33. The maximum absolute atomic E-state index is 10.5. The van der Waals surface area contributed by atoms with Gasteiger partial charge in [-0.2, -0.15) is 4.31 Å². The van der Waals surface area contributed by atoms with Crippen molar-refractivity contribution >= 4 is 23.7 Å². The van der Waals surface area contributed by atoms with Crippen molar-refractivity contribution in [3.63, 3.8) is 0 Å². The Balaban J connectivity index is 4.35. The molecule has 11 heteroatoms. The van der Waals surface area contributed by atoms with Crippen LogP contribution in [0.1, 0.15) is 0 Å². The van der Waals surface area contributed by atoms with E-state index < -0.39 is 23.7 Å². The second-order valence-corrected chi connectivity index (χ2v) is 5.67. The van der Waals surface area contributed by atoms with E-state index in [0.717, 1.165) is 6.66 Å². The van der Waals surface area contributed by atoms with Gasteiger partial charge >= 0.3 is 23.7 Å². The molecule has 0 aliphatic heterocycles. The molecule has 2 atom stereocenters. The highest BCUT2D eigenvalue weighted by Crippen LogP contribution is 2.61. The predicted molar refractivity (Wildman–Crippen MR) is 37.6 cm³/mol. The van der Waals surface area contributed by atoms with E-state index >= 15 is 0 Å². The molecule has 0 aliphatic carbocycles. The van der Waals surface area contributed by atoms with E-state index in [-0.39, 0.29) is 0 Å². The third-order valence-corrected chi connectivity index (χ3v) is 3.85. The lowest BCUT2D eigenvalue weighted by Gasteiger charge is -2.04. The molecule has 0 spiro atoms. The average Bonchev–Trinajstić information content (AvgIpc) is 1.48. The lowest BCUT2D eigenvalue weighted by molar-refractivity contribution is 0.232. The van der Waals surface area contributed by atoms with Crippen LogP contribution in [0.25, 0.3) is 0 Å². The summed E-state index contributed by atoms with van der Waals surface area (Å²) in [6, 6.07) is 0. The standard InChI is InChI=1S/CH5O8P3/c1-10(2)8-12(6,7)9-11(3,4)5/h1H3,(H2-,3,4,5,6,7)/p+1. The van der Waals surface area contributed by atoms with E-state index in [2.05, 4.69) is 8.62 Å².